The molecule has 2 aliphatic heterocycles. The van der Waals surface area contributed by atoms with Gasteiger partial charge in [0.1, 0.15) is 17.4 Å². The van der Waals surface area contributed by atoms with Crippen molar-refractivity contribution in [3.05, 3.63) is 64.8 Å². The maximum atomic E-state index is 13.1. The summed E-state index contributed by atoms with van der Waals surface area (Å²) >= 11 is 0. The molecule has 8 nitrogen and oxygen atoms in total. The lowest BCUT2D eigenvalue weighted by Crippen LogP contribution is -2.25. The molecule has 2 aliphatic rings. The molecule has 0 radical (unpaired) electrons. The molecule has 0 spiro atoms. The quantitative estimate of drug-likeness (QED) is 0.364. The van der Waals surface area contributed by atoms with Crippen molar-refractivity contribution >= 4 is 10.8 Å². The Labute approximate surface area is 215 Å². The fourth-order valence-electron chi connectivity index (χ4n) is 6.00. The van der Waals surface area contributed by atoms with Gasteiger partial charge in [0.05, 0.1) is 34.6 Å². The summed E-state index contributed by atoms with van der Waals surface area (Å²) in [5.74, 6) is -0.631. The minimum atomic E-state index is -4.56. The molecule has 0 amide bonds. The highest BCUT2D eigenvalue weighted by Crippen LogP contribution is 2.65. The number of aryl methyl sites for hydroxylation is 1. The third-order valence-electron chi connectivity index (χ3n) is 7.70. The predicted octanol–water partition coefficient (Wildman–Crippen LogP) is 5.37. The summed E-state index contributed by atoms with van der Waals surface area (Å²) in [6.07, 6.45) is -3.29. The second kappa shape index (κ2) is 7.91. The third-order valence-corrected chi connectivity index (χ3v) is 7.70. The summed E-state index contributed by atoms with van der Waals surface area (Å²) in [6, 6.07) is 13.9. The highest BCUT2D eigenvalue weighted by atomic mass is 19.4. The minimum absolute atomic E-state index is 0.0331. The lowest BCUT2D eigenvalue weighted by Gasteiger charge is -2.26. The lowest BCUT2D eigenvalue weighted by atomic mass is 9.78. The van der Waals surface area contributed by atoms with E-state index in [1.807, 2.05) is 31.2 Å². The van der Waals surface area contributed by atoms with Crippen molar-refractivity contribution in [3.63, 3.8) is 0 Å². The zero-order chi connectivity index (χ0) is 27.0. The monoisotopic (exact) mass is 524 g/mol. The van der Waals surface area contributed by atoms with Gasteiger partial charge in [-0.3, -0.25) is 4.68 Å². The number of alkyl halides is 3. The van der Waals surface area contributed by atoms with Crippen molar-refractivity contribution < 1.29 is 32.9 Å². The van der Waals surface area contributed by atoms with Gasteiger partial charge < -0.3 is 19.7 Å². The molecule has 2 aromatic carbocycles. The van der Waals surface area contributed by atoms with Gasteiger partial charge in [0.25, 0.3) is 0 Å². The van der Waals surface area contributed by atoms with E-state index in [1.165, 1.54) is 11.6 Å². The van der Waals surface area contributed by atoms with Gasteiger partial charge >= 0.3 is 6.18 Å². The molecular weight excluding hydrogens is 501 g/mol. The van der Waals surface area contributed by atoms with Crippen LogP contribution in [0.2, 0.25) is 0 Å². The van der Waals surface area contributed by atoms with E-state index in [4.69, 9.17) is 9.47 Å². The van der Waals surface area contributed by atoms with Crippen LogP contribution in [0.4, 0.5) is 13.2 Å². The molecule has 2 bridgehead atoms. The Balaban J connectivity index is 1.37. The van der Waals surface area contributed by atoms with Gasteiger partial charge in [-0.2, -0.15) is 18.4 Å². The maximum absolute atomic E-state index is 13.1. The van der Waals surface area contributed by atoms with E-state index >= 15 is 0 Å². The molecular formula is C27H23F3N4O4. The summed E-state index contributed by atoms with van der Waals surface area (Å²) in [7, 11) is 1.19. The normalized spacial score (nSPS) is 22.1. The van der Waals surface area contributed by atoms with Crippen LogP contribution in [0.5, 0.6) is 17.6 Å². The zero-order valence-corrected chi connectivity index (χ0v) is 20.5. The van der Waals surface area contributed by atoms with Gasteiger partial charge in [-0.1, -0.05) is 30.3 Å². The van der Waals surface area contributed by atoms with Crippen molar-refractivity contribution in [2.75, 3.05) is 6.61 Å². The fourth-order valence-corrected chi connectivity index (χ4v) is 6.00. The molecule has 6 rings (SSSR count). The Morgan fingerprint density at radius 2 is 1.87 bits per heavy atom. The summed E-state index contributed by atoms with van der Waals surface area (Å²) in [4.78, 5) is 0. The van der Waals surface area contributed by atoms with Gasteiger partial charge in [-0.25, -0.2) is 4.57 Å². The molecule has 4 heterocycles. The lowest BCUT2D eigenvalue weighted by molar-refractivity contribution is -0.143. The largest absolute Gasteiger partial charge is 0.494 e. The highest BCUT2D eigenvalue weighted by molar-refractivity contribution is 5.91. The van der Waals surface area contributed by atoms with Crippen molar-refractivity contribution in [2.24, 2.45) is 7.05 Å². The van der Waals surface area contributed by atoms with E-state index in [0.717, 1.165) is 11.5 Å². The topological polar surface area (TPSA) is 105 Å². The SMILES string of the molecule is Cn1nc(OCCC23CCC(C)(O2)c2c3c(O)n(-c3ccc4ccccc4c3C#N)c2O)cc1C(F)(F)F. The zero-order valence-electron chi connectivity index (χ0n) is 20.5. The Bertz CT molecular complexity index is 1650. The van der Waals surface area contributed by atoms with Gasteiger partial charge in [0.15, 0.2) is 0 Å². The number of aromatic nitrogens is 3. The molecule has 11 heteroatoms. The average molecular weight is 524 g/mol. The average Bonchev–Trinajstić information content (AvgIpc) is 3.56. The Hall–Kier alpha value is -4.17. The molecule has 1 saturated heterocycles. The van der Waals surface area contributed by atoms with E-state index in [2.05, 4.69) is 11.2 Å². The van der Waals surface area contributed by atoms with Crippen LogP contribution in [0.25, 0.3) is 16.5 Å². The standard InChI is InChI=1S/C27H23F3N4O4/c1-25-9-10-26(38-25,11-12-37-20-13-19(27(28,29)30)33(2)32-20)22-21(25)23(35)34(24(22)36)18-8-7-15-5-3-4-6-16(15)17(18)14-31/h3-8,13,35-36H,9-12H2,1-2H3. The number of hydrogen-bond donors (Lipinski definition) is 2. The Kier molecular flexibility index (Phi) is 5.04. The van der Waals surface area contributed by atoms with E-state index in [-0.39, 0.29) is 30.7 Å². The summed E-state index contributed by atoms with van der Waals surface area (Å²) in [6.45, 7) is 1.79. The summed E-state index contributed by atoms with van der Waals surface area (Å²) in [5.41, 5.74) is -1.37. The van der Waals surface area contributed by atoms with E-state index < -0.39 is 23.1 Å². The van der Waals surface area contributed by atoms with Crippen LogP contribution in [-0.4, -0.2) is 31.2 Å². The van der Waals surface area contributed by atoms with Gasteiger partial charge in [0.2, 0.25) is 17.6 Å². The van der Waals surface area contributed by atoms with Crippen LogP contribution in [0, 0.1) is 11.3 Å². The van der Waals surface area contributed by atoms with E-state index in [0.29, 0.717) is 45.3 Å². The number of nitriles is 1. The van der Waals surface area contributed by atoms with Gasteiger partial charge in [-0.15, -0.1) is 5.10 Å². The first-order valence-electron chi connectivity index (χ1n) is 12.0. The second-order valence-electron chi connectivity index (χ2n) is 9.94. The molecule has 0 aliphatic carbocycles. The van der Waals surface area contributed by atoms with Crippen LogP contribution in [0.3, 0.4) is 0 Å². The molecule has 196 valence electrons. The Morgan fingerprint density at radius 3 is 2.58 bits per heavy atom. The molecule has 2 unspecified atom stereocenters. The first-order valence-corrected chi connectivity index (χ1v) is 12.0. The smallest absolute Gasteiger partial charge is 0.433 e. The summed E-state index contributed by atoms with van der Waals surface area (Å²) < 4.78 is 53.3. The number of ether oxygens (including phenoxy) is 2. The Morgan fingerprint density at radius 1 is 1.13 bits per heavy atom. The fraction of sp³-hybridized carbons (Fsp3) is 0.333. The van der Waals surface area contributed by atoms with E-state index in [1.54, 1.807) is 12.1 Å². The van der Waals surface area contributed by atoms with Crippen molar-refractivity contribution in [1.82, 2.24) is 14.3 Å². The molecule has 2 aromatic heterocycles. The number of rotatable bonds is 5. The highest BCUT2D eigenvalue weighted by Gasteiger charge is 2.61. The summed E-state index contributed by atoms with van der Waals surface area (Å²) in [5, 5.41) is 38.1. The minimum Gasteiger partial charge on any atom is -0.494 e. The van der Waals surface area contributed by atoms with Crippen LogP contribution in [0.15, 0.2) is 42.5 Å². The number of aromatic hydroxyl groups is 2. The number of halogens is 3. The molecule has 2 N–H and O–H groups in total. The molecule has 0 saturated carbocycles. The number of fused-ring (bicyclic) bond motifs is 6. The third kappa shape index (κ3) is 3.29. The van der Waals surface area contributed by atoms with Crippen LogP contribution in [-0.2, 0) is 29.2 Å². The predicted molar refractivity (Wildman–Crippen MR) is 129 cm³/mol. The maximum Gasteiger partial charge on any atom is 0.433 e. The van der Waals surface area contributed by atoms with Crippen molar-refractivity contribution in [1.29, 1.82) is 5.26 Å². The van der Waals surface area contributed by atoms with Crippen LogP contribution >= 0.6 is 0 Å². The number of hydrogen-bond acceptors (Lipinski definition) is 6. The van der Waals surface area contributed by atoms with Crippen LogP contribution in [0.1, 0.15) is 48.6 Å². The van der Waals surface area contributed by atoms with Crippen molar-refractivity contribution in [2.45, 2.75) is 43.6 Å². The number of benzene rings is 2. The first-order chi connectivity index (χ1) is 18.0. The van der Waals surface area contributed by atoms with Crippen LogP contribution < -0.4 is 4.74 Å². The molecule has 4 aromatic rings. The second-order valence-corrected chi connectivity index (χ2v) is 9.94. The van der Waals surface area contributed by atoms with Crippen molar-refractivity contribution in [3.8, 4) is 29.4 Å². The van der Waals surface area contributed by atoms with Gasteiger partial charge in [0, 0.05) is 24.9 Å². The first kappa shape index (κ1) is 24.2. The van der Waals surface area contributed by atoms with E-state index in [9.17, 15) is 28.6 Å². The van der Waals surface area contributed by atoms with Gasteiger partial charge in [-0.05, 0) is 31.2 Å². The molecule has 2 atom stereocenters. The molecule has 38 heavy (non-hydrogen) atoms. The molecule has 1 fully saturated rings. The number of nitrogens with zero attached hydrogens (tertiary/aromatic N) is 4.